The van der Waals surface area contributed by atoms with Gasteiger partial charge >= 0.3 is 0 Å². The van der Waals surface area contributed by atoms with Crippen LogP contribution in [0.5, 0.6) is 0 Å². The van der Waals surface area contributed by atoms with Crippen molar-refractivity contribution in [2.45, 2.75) is 11.8 Å². The Labute approximate surface area is 173 Å². The average molecular weight is 420 g/mol. The number of thiazole rings is 1. The molecule has 2 aromatic carbocycles. The van der Waals surface area contributed by atoms with Crippen LogP contribution in [0, 0.1) is 0 Å². The van der Waals surface area contributed by atoms with E-state index >= 15 is 0 Å². The summed E-state index contributed by atoms with van der Waals surface area (Å²) < 4.78 is 0.983. The summed E-state index contributed by atoms with van der Waals surface area (Å²) in [6.07, 6.45) is 0. The third kappa shape index (κ3) is 4.82. The van der Waals surface area contributed by atoms with Gasteiger partial charge in [0, 0.05) is 23.0 Å². The molecule has 0 unspecified atom stereocenters. The van der Waals surface area contributed by atoms with E-state index < -0.39 is 0 Å². The number of likely N-dealkylation sites (N-methyl/N-ethyl adjacent to an activating group) is 1. The second kappa shape index (κ2) is 9.06. The first-order valence-electron chi connectivity index (χ1n) is 8.74. The third-order valence-corrected chi connectivity index (χ3v) is 6.24. The molecule has 3 rings (SSSR count). The Balaban J connectivity index is 2.00. The fourth-order valence-corrected chi connectivity index (χ4v) is 4.72. The molecule has 0 saturated heterocycles. The first kappa shape index (κ1) is 20.1. The number of carbonyl (C=O) groups is 1. The molecule has 1 amide bonds. The lowest BCUT2D eigenvalue weighted by Gasteiger charge is -2.23. The molecule has 142 valence electrons. The van der Waals surface area contributed by atoms with Crippen molar-refractivity contribution in [3.63, 3.8) is 0 Å². The Morgan fingerprint density at radius 1 is 1.19 bits per heavy atom. The first-order chi connectivity index (χ1) is 13.0. The van der Waals surface area contributed by atoms with Crippen LogP contribution in [-0.2, 0) is 0 Å². The number of benzene rings is 2. The Kier molecular flexibility index (Phi) is 6.76. The monoisotopic (exact) mass is 419 g/mol. The van der Waals surface area contributed by atoms with E-state index in [1.165, 1.54) is 11.3 Å². The SMILES string of the molecule is CCSc1ccccc1C(=O)N(CCN(C)C)c1nc2ccc(Cl)cc2s1. The van der Waals surface area contributed by atoms with Crippen molar-refractivity contribution in [1.82, 2.24) is 9.88 Å². The van der Waals surface area contributed by atoms with Gasteiger partial charge in [-0.25, -0.2) is 4.98 Å². The van der Waals surface area contributed by atoms with Crippen LogP contribution in [0.2, 0.25) is 5.02 Å². The molecule has 3 aromatic rings. The minimum Gasteiger partial charge on any atom is -0.308 e. The molecule has 0 aliphatic heterocycles. The van der Waals surface area contributed by atoms with Gasteiger partial charge in [-0.3, -0.25) is 9.69 Å². The summed E-state index contributed by atoms with van der Waals surface area (Å²) in [5.74, 6) is 0.903. The third-order valence-electron chi connectivity index (χ3n) is 4.00. The maximum Gasteiger partial charge on any atom is 0.261 e. The fraction of sp³-hybridized carbons (Fsp3) is 0.300. The zero-order valence-electron chi connectivity index (χ0n) is 15.6. The number of hydrogen-bond acceptors (Lipinski definition) is 5. The maximum absolute atomic E-state index is 13.4. The number of halogens is 1. The quantitative estimate of drug-likeness (QED) is 0.489. The van der Waals surface area contributed by atoms with Gasteiger partial charge in [-0.1, -0.05) is 42.0 Å². The Morgan fingerprint density at radius 2 is 1.96 bits per heavy atom. The summed E-state index contributed by atoms with van der Waals surface area (Å²) in [6.45, 7) is 3.42. The number of hydrogen-bond donors (Lipinski definition) is 0. The number of fused-ring (bicyclic) bond motifs is 1. The van der Waals surface area contributed by atoms with E-state index in [-0.39, 0.29) is 5.91 Å². The van der Waals surface area contributed by atoms with Crippen molar-refractivity contribution in [2.75, 3.05) is 37.8 Å². The number of carbonyl (C=O) groups excluding carboxylic acids is 1. The van der Waals surface area contributed by atoms with Gasteiger partial charge in [-0.2, -0.15) is 0 Å². The highest BCUT2D eigenvalue weighted by atomic mass is 35.5. The average Bonchev–Trinajstić information content (AvgIpc) is 3.05. The van der Waals surface area contributed by atoms with Gasteiger partial charge in [0.25, 0.3) is 5.91 Å². The lowest BCUT2D eigenvalue weighted by molar-refractivity contribution is 0.0982. The highest BCUT2D eigenvalue weighted by Gasteiger charge is 2.23. The van der Waals surface area contributed by atoms with Crippen LogP contribution < -0.4 is 4.90 Å². The van der Waals surface area contributed by atoms with E-state index in [0.717, 1.165) is 33.0 Å². The van der Waals surface area contributed by atoms with E-state index in [0.29, 0.717) is 16.7 Å². The Morgan fingerprint density at radius 3 is 2.70 bits per heavy atom. The molecule has 0 saturated carbocycles. The van der Waals surface area contributed by atoms with Crippen molar-refractivity contribution < 1.29 is 4.79 Å². The van der Waals surface area contributed by atoms with E-state index in [1.54, 1.807) is 16.7 Å². The second-order valence-corrected chi connectivity index (χ2v) is 9.05. The summed E-state index contributed by atoms with van der Waals surface area (Å²) in [5.41, 5.74) is 1.58. The molecule has 0 bridgehead atoms. The van der Waals surface area contributed by atoms with Gasteiger partial charge in [0.1, 0.15) is 0 Å². The number of nitrogens with zero attached hydrogens (tertiary/aromatic N) is 3. The molecular weight excluding hydrogens is 398 g/mol. The molecule has 1 aromatic heterocycles. The van der Waals surface area contributed by atoms with E-state index in [9.17, 15) is 4.79 Å². The molecule has 0 aliphatic carbocycles. The molecule has 0 N–H and O–H groups in total. The summed E-state index contributed by atoms with van der Waals surface area (Å²) in [4.78, 5) is 23.0. The van der Waals surface area contributed by atoms with Crippen LogP contribution in [0.4, 0.5) is 5.13 Å². The van der Waals surface area contributed by atoms with Crippen LogP contribution in [0.1, 0.15) is 17.3 Å². The van der Waals surface area contributed by atoms with Gasteiger partial charge in [-0.05, 0) is 50.2 Å². The van der Waals surface area contributed by atoms with E-state index in [1.807, 2.05) is 56.6 Å². The molecule has 0 radical (unpaired) electrons. The van der Waals surface area contributed by atoms with Crippen molar-refractivity contribution in [2.24, 2.45) is 0 Å². The number of aromatic nitrogens is 1. The molecular formula is C20H22ClN3OS2. The predicted molar refractivity (Wildman–Crippen MR) is 118 cm³/mol. The van der Waals surface area contributed by atoms with Gasteiger partial charge < -0.3 is 4.90 Å². The van der Waals surface area contributed by atoms with Crippen LogP contribution >= 0.6 is 34.7 Å². The van der Waals surface area contributed by atoms with E-state index in [2.05, 4.69) is 11.8 Å². The summed E-state index contributed by atoms with van der Waals surface area (Å²) in [6, 6.07) is 13.4. The molecule has 27 heavy (non-hydrogen) atoms. The Hall–Kier alpha value is -1.60. The van der Waals surface area contributed by atoms with Gasteiger partial charge in [-0.15, -0.1) is 11.8 Å². The van der Waals surface area contributed by atoms with Crippen LogP contribution in [-0.4, -0.2) is 48.7 Å². The number of thioether (sulfide) groups is 1. The van der Waals surface area contributed by atoms with Crippen LogP contribution in [0.15, 0.2) is 47.4 Å². The molecule has 0 atom stereocenters. The lowest BCUT2D eigenvalue weighted by atomic mass is 10.2. The van der Waals surface area contributed by atoms with Crippen LogP contribution in [0.25, 0.3) is 10.2 Å². The minimum absolute atomic E-state index is 0.0152. The van der Waals surface area contributed by atoms with Gasteiger partial charge in [0.15, 0.2) is 5.13 Å². The van der Waals surface area contributed by atoms with Gasteiger partial charge in [0.2, 0.25) is 0 Å². The highest BCUT2D eigenvalue weighted by Crippen LogP contribution is 2.32. The summed E-state index contributed by atoms with van der Waals surface area (Å²) in [7, 11) is 4.00. The molecule has 0 fully saturated rings. The molecule has 0 aliphatic rings. The van der Waals surface area contributed by atoms with Crippen molar-refractivity contribution >= 4 is 56.0 Å². The zero-order valence-corrected chi connectivity index (χ0v) is 18.0. The maximum atomic E-state index is 13.4. The van der Waals surface area contributed by atoms with Crippen LogP contribution in [0.3, 0.4) is 0 Å². The molecule has 1 heterocycles. The standard InChI is InChI=1S/C20H22ClN3OS2/c1-4-26-17-8-6-5-7-15(17)19(25)24(12-11-23(2)3)20-22-16-10-9-14(21)13-18(16)27-20/h5-10,13H,4,11-12H2,1-3H3. The van der Waals surface area contributed by atoms with E-state index in [4.69, 9.17) is 16.6 Å². The van der Waals surface area contributed by atoms with Gasteiger partial charge in [0.05, 0.1) is 15.8 Å². The van der Waals surface area contributed by atoms with Crippen molar-refractivity contribution in [1.29, 1.82) is 0 Å². The normalized spacial score (nSPS) is 11.3. The first-order valence-corrected chi connectivity index (χ1v) is 10.9. The minimum atomic E-state index is -0.0152. The van der Waals surface area contributed by atoms with Crippen molar-refractivity contribution in [3.8, 4) is 0 Å². The predicted octanol–water partition coefficient (Wildman–Crippen LogP) is 5.27. The smallest absolute Gasteiger partial charge is 0.261 e. The lowest BCUT2D eigenvalue weighted by Crippen LogP contribution is -2.37. The second-order valence-electron chi connectivity index (χ2n) is 6.30. The molecule has 7 heteroatoms. The number of rotatable bonds is 7. The molecule has 4 nitrogen and oxygen atoms in total. The van der Waals surface area contributed by atoms with Crippen molar-refractivity contribution in [3.05, 3.63) is 53.1 Å². The zero-order chi connectivity index (χ0) is 19.4. The Bertz CT molecular complexity index is 942. The summed E-state index contributed by atoms with van der Waals surface area (Å²) in [5, 5.41) is 1.38. The highest BCUT2D eigenvalue weighted by molar-refractivity contribution is 7.99. The largest absolute Gasteiger partial charge is 0.308 e. The fourth-order valence-electron chi connectivity index (χ4n) is 2.66. The molecule has 0 spiro atoms. The number of anilines is 1. The summed E-state index contributed by atoms with van der Waals surface area (Å²) >= 11 is 9.29. The number of amides is 1. The topological polar surface area (TPSA) is 36.4 Å².